The molecule has 2 amide bonds. The van der Waals surface area contributed by atoms with Gasteiger partial charge in [-0.2, -0.15) is 0 Å². The Bertz CT molecular complexity index is 1750. The number of carbonyl (C=O) groups is 2. The fourth-order valence-electron chi connectivity index (χ4n) is 5.16. The quantitative estimate of drug-likeness (QED) is 0.122. The van der Waals surface area contributed by atoms with Crippen LogP contribution in [0.2, 0.25) is 10.0 Å². The summed E-state index contributed by atoms with van der Waals surface area (Å²) in [5, 5.41) is 3.61. The molecule has 0 aliphatic carbocycles. The molecule has 1 N–H and O–H groups in total. The van der Waals surface area contributed by atoms with Gasteiger partial charge in [-0.05, 0) is 74.4 Å². The predicted molar refractivity (Wildman–Crippen MR) is 192 cm³/mol. The number of halogens is 2. The molecule has 0 saturated heterocycles. The predicted octanol–water partition coefficient (Wildman–Crippen LogP) is 7.45. The molecule has 0 bridgehead atoms. The van der Waals surface area contributed by atoms with Crippen LogP contribution in [0.25, 0.3) is 0 Å². The van der Waals surface area contributed by atoms with Gasteiger partial charge in [0.25, 0.3) is 10.0 Å². The number of rotatable bonds is 16. The number of amides is 2. The van der Waals surface area contributed by atoms with E-state index in [0.717, 1.165) is 28.3 Å². The Hall–Kier alpha value is -4.05. The van der Waals surface area contributed by atoms with E-state index in [2.05, 4.69) is 5.32 Å². The lowest BCUT2D eigenvalue weighted by Gasteiger charge is -2.34. The van der Waals surface area contributed by atoms with Gasteiger partial charge in [-0.15, -0.1) is 0 Å². The first kappa shape index (κ1) is 36.8. The number of ether oxygens (including phenoxy) is 1. The fraction of sp³-hybridized carbons (Fsp3) is 0.297. The molecule has 0 fully saturated rings. The maximum atomic E-state index is 14.7. The summed E-state index contributed by atoms with van der Waals surface area (Å²) in [5.41, 5.74) is 2.42. The molecular weight excluding hydrogens is 669 g/mol. The minimum Gasteiger partial charge on any atom is -0.494 e. The summed E-state index contributed by atoms with van der Waals surface area (Å²) < 4.78 is 35.1. The highest BCUT2D eigenvalue weighted by atomic mass is 35.5. The van der Waals surface area contributed by atoms with Crippen LogP contribution < -0.4 is 14.4 Å². The Labute approximate surface area is 293 Å². The summed E-state index contributed by atoms with van der Waals surface area (Å²) in [6, 6.07) is 26.3. The van der Waals surface area contributed by atoms with E-state index in [-0.39, 0.29) is 29.5 Å². The number of hydrogen-bond acceptors (Lipinski definition) is 5. The van der Waals surface area contributed by atoms with Gasteiger partial charge in [0.05, 0.1) is 17.2 Å². The Kier molecular flexibility index (Phi) is 13.3. The van der Waals surface area contributed by atoms with Crippen LogP contribution in [0.5, 0.6) is 5.75 Å². The lowest BCUT2D eigenvalue weighted by Crippen LogP contribution is -2.53. The van der Waals surface area contributed by atoms with E-state index in [4.69, 9.17) is 27.9 Å². The number of unbranched alkanes of at least 4 members (excludes halogenated alkanes) is 1. The fourth-order valence-corrected chi connectivity index (χ4v) is 7.09. The number of nitrogens with one attached hydrogen (secondary N) is 1. The molecule has 0 aliphatic heterocycles. The van der Waals surface area contributed by atoms with Crippen molar-refractivity contribution in [2.45, 2.75) is 57.5 Å². The molecule has 4 aromatic rings. The van der Waals surface area contributed by atoms with Crippen molar-refractivity contribution in [3.63, 3.8) is 0 Å². The third-order valence-corrected chi connectivity index (χ3v) is 10.3. The molecule has 48 heavy (non-hydrogen) atoms. The van der Waals surface area contributed by atoms with Crippen LogP contribution in [0.3, 0.4) is 0 Å². The zero-order chi connectivity index (χ0) is 34.7. The van der Waals surface area contributed by atoms with E-state index >= 15 is 0 Å². The molecule has 0 spiro atoms. The third-order valence-electron chi connectivity index (χ3n) is 7.81. The van der Waals surface area contributed by atoms with E-state index in [9.17, 15) is 18.0 Å². The smallest absolute Gasteiger partial charge is 0.264 e. The van der Waals surface area contributed by atoms with Gasteiger partial charge in [0.2, 0.25) is 11.8 Å². The van der Waals surface area contributed by atoms with Gasteiger partial charge in [0, 0.05) is 35.1 Å². The molecule has 254 valence electrons. The second-order valence-electron chi connectivity index (χ2n) is 11.3. The van der Waals surface area contributed by atoms with Crippen molar-refractivity contribution in [1.82, 2.24) is 10.2 Å². The van der Waals surface area contributed by atoms with E-state index in [1.165, 1.54) is 17.0 Å². The Morgan fingerprint density at radius 2 is 1.50 bits per heavy atom. The van der Waals surface area contributed by atoms with Gasteiger partial charge in [-0.25, -0.2) is 8.42 Å². The number of carbonyl (C=O) groups excluding carboxylic acids is 2. The molecule has 0 saturated carbocycles. The number of nitrogens with zero attached hydrogens (tertiary/aromatic N) is 2. The molecule has 1 atom stereocenters. The van der Waals surface area contributed by atoms with Crippen LogP contribution in [-0.2, 0) is 32.6 Å². The SMILES string of the molecule is CCCCNC(=O)[C@H](Cc1ccccc1)N(Cc1c(Cl)cccc1Cl)C(=O)CN(c1ccc(OCC)cc1)S(=O)(=O)c1ccc(C)cc1. The first-order chi connectivity index (χ1) is 23.0. The summed E-state index contributed by atoms with van der Waals surface area (Å²) in [6.45, 7) is 5.87. The normalized spacial score (nSPS) is 11.9. The largest absolute Gasteiger partial charge is 0.494 e. The third kappa shape index (κ3) is 9.52. The number of hydrogen-bond donors (Lipinski definition) is 1. The van der Waals surface area contributed by atoms with Gasteiger partial charge < -0.3 is 15.0 Å². The molecule has 11 heteroatoms. The van der Waals surface area contributed by atoms with Gasteiger partial charge in [0.15, 0.2) is 0 Å². The summed E-state index contributed by atoms with van der Waals surface area (Å²) >= 11 is 13.2. The van der Waals surface area contributed by atoms with Crippen molar-refractivity contribution in [3.8, 4) is 5.75 Å². The van der Waals surface area contributed by atoms with Crippen LogP contribution in [0.1, 0.15) is 43.4 Å². The minimum atomic E-state index is -4.24. The molecule has 0 aromatic heterocycles. The second-order valence-corrected chi connectivity index (χ2v) is 14.0. The summed E-state index contributed by atoms with van der Waals surface area (Å²) in [7, 11) is -4.24. The van der Waals surface area contributed by atoms with E-state index in [1.807, 2.05) is 51.1 Å². The van der Waals surface area contributed by atoms with Crippen LogP contribution in [-0.4, -0.2) is 50.9 Å². The summed E-state index contributed by atoms with van der Waals surface area (Å²) in [5.74, 6) is -0.415. The molecule has 8 nitrogen and oxygen atoms in total. The first-order valence-corrected chi connectivity index (χ1v) is 18.1. The highest BCUT2D eigenvalue weighted by Gasteiger charge is 2.35. The van der Waals surface area contributed by atoms with Gasteiger partial charge >= 0.3 is 0 Å². The monoisotopic (exact) mass is 709 g/mol. The molecule has 4 rings (SSSR count). The molecule has 4 aromatic carbocycles. The van der Waals surface area contributed by atoms with Crippen molar-refractivity contribution in [2.24, 2.45) is 0 Å². The molecule has 0 heterocycles. The van der Waals surface area contributed by atoms with Crippen molar-refractivity contribution >= 4 is 50.7 Å². The average molecular weight is 711 g/mol. The van der Waals surface area contributed by atoms with Crippen molar-refractivity contribution in [1.29, 1.82) is 0 Å². The minimum absolute atomic E-state index is 0.0219. The number of aryl methyl sites for hydroxylation is 1. The maximum Gasteiger partial charge on any atom is 0.264 e. The van der Waals surface area contributed by atoms with Crippen molar-refractivity contribution < 1.29 is 22.7 Å². The number of benzene rings is 4. The summed E-state index contributed by atoms with van der Waals surface area (Å²) in [4.78, 5) is 30.0. The van der Waals surface area contributed by atoms with Crippen molar-refractivity contribution in [3.05, 3.63) is 124 Å². The van der Waals surface area contributed by atoms with Crippen LogP contribution in [0.15, 0.2) is 102 Å². The maximum absolute atomic E-state index is 14.7. The zero-order valence-corrected chi connectivity index (χ0v) is 29.7. The molecule has 0 unspecified atom stereocenters. The molecular formula is C37H41Cl2N3O5S. The number of anilines is 1. The zero-order valence-electron chi connectivity index (χ0n) is 27.4. The van der Waals surface area contributed by atoms with E-state index < -0.39 is 28.5 Å². The first-order valence-electron chi connectivity index (χ1n) is 15.9. The highest BCUT2D eigenvalue weighted by molar-refractivity contribution is 7.92. The lowest BCUT2D eigenvalue weighted by atomic mass is 10.0. The Morgan fingerprint density at radius 1 is 0.854 bits per heavy atom. The molecule has 0 aliphatic rings. The summed E-state index contributed by atoms with van der Waals surface area (Å²) in [6.07, 6.45) is 1.81. The second kappa shape index (κ2) is 17.4. The standard InChI is InChI=1S/C37H41Cl2N3O5S/c1-4-6-23-40-37(44)35(24-28-11-8-7-9-12-28)41(25-32-33(38)13-10-14-34(32)39)36(43)26-42(29-17-19-30(20-18-29)47-5-2)48(45,46)31-21-15-27(3)16-22-31/h7-22,35H,4-6,23-26H2,1-3H3,(H,40,44)/t35-/m0/s1. The average Bonchev–Trinajstić information content (AvgIpc) is 3.07. The van der Waals surface area contributed by atoms with Gasteiger partial charge in [0.1, 0.15) is 18.3 Å². The van der Waals surface area contributed by atoms with Crippen LogP contribution in [0.4, 0.5) is 5.69 Å². The lowest BCUT2D eigenvalue weighted by molar-refractivity contribution is -0.140. The van der Waals surface area contributed by atoms with Gasteiger partial charge in [-0.1, -0.05) is 90.6 Å². The van der Waals surface area contributed by atoms with Crippen LogP contribution >= 0.6 is 23.2 Å². The van der Waals surface area contributed by atoms with E-state index in [1.54, 1.807) is 54.6 Å². The molecule has 0 radical (unpaired) electrons. The Balaban J connectivity index is 1.82. The van der Waals surface area contributed by atoms with Crippen molar-refractivity contribution in [2.75, 3.05) is 24.0 Å². The Morgan fingerprint density at radius 3 is 2.10 bits per heavy atom. The van der Waals surface area contributed by atoms with Crippen LogP contribution in [0, 0.1) is 6.92 Å². The topological polar surface area (TPSA) is 96.0 Å². The van der Waals surface area contributed by atoms with E-state index in [0.29, 0.717) is 34.5 Å². The highest BCUT2D eigenvalue weighted by Crippen LogP contribution is 2.30. The van der Waals surface area contributed by atoms with Gasteiger partial charge in [-0.3, -0.25) is 13.9 Å². The number of sulfonamides is 1.